The van der Waals surface area contributed by atoms with Crippen LogP contribution in [0.2, 0.25) is 0 Å². The van der Waals surface area contributed by atoms with Crippen LogP contribution < -0.4 is 0 Å². The molecule has 3 aliphatic rings. The largest absolute Gasteiger partial charge is 0.416 e. The number of rotatable bonds is 3. The molecule has 0 saturated heterocycles. The zero-order valence-corrected chi connectivity index (χ0v) is 20.2. The van der Waals surface area contributed by atoms with Crippen molar-refractivity contribution in [2.24, 2.45) is 0 Å². The molecule has 1 aromatic carbocycles. The fourth-order valence-electron chi connectivity index (χ4n) is 5.93. The Morgan fingerprint density at radius 1 is 0.567 bits per heavy atom. The van der Waals surface area contributed by atoms with Gasteiger partial charge in [0.1, 0.15) is 0 Å². The van der Waals surface area contributed by atoms with Crippen LogP contribution in [-0.2, 0) is 22.7 Å². The maximum atomic E-state index is 11.8. The molecule has 3 fully saturated rings. The van der Waals surface area contributed by atoms with E-state index in [1.807, 2.05) is 0 Å². The van der Waals surface area contributed by atoms with Gasteiger partial charge in [0.25, 0.3) is 0 Å². The van der Waals surface area contributed by atoms with Crippen LogP contribution in [0.5, 0.6) is 0 Å². The smallest absolute Gasteiger partial charge is 0.166 e. The third kappa shape index (κ3) is 8.13. The van der Waals surface area contributed by atoms with Crippen molar-refractivity contribution in [2.75, 3.05) is 0 Å². The Morgan fingerprint density at radius 2 is 0.900 bits per heavy atom. The number of halogens is 3. The second-order valence-electron chi connectivity index (χ2n) is 9.37. The molecular formula is C25H39F3NiP+. The van der Waals surface area contributed by atoms with Crippen LogP contribution in [-0.4, -0.2) is 17.0 Å². The summed E-state index contributed by atoms with van der Waals surface area (Å²) in [4.78, 5) is 0. The first-order valence-electron chi connectivity index (χ1n) is 12.0. The van der Waals surface area contributed by atoms with Crippen LogP contribution in [0, 0.1) is 0 Å². The van der Waals surface area contributed by atoms with Crippen molar-refractivity contribution in [1.29, 1.82) is 0 Å². The molecule has 0 spiro atoms. The van der Waals surface area contributed by atoms with Gasteiger partial charge in [-0.15, -0.1) is 0 Å². The zero-order valence-electron chi connectivity index (χ0n) is 18.2. The minimum atomic E-state index is -4.21. The first kappa shape index (κ1) is 26.2. The van der Waals surface area contributed by atoms with Crippen LogP contribution >= 0.6 is 7.92 Å². The van der Waals surface area contributed by atoms with Gasteiger partial charge in [-0.1, -0.05) is 49.6 Å². The van der Waals surface area contributed by atoms with Gasteiger partial charge in [0.15, 0.2) is 0 Å². The van der Waals surface area contributed by atoms with E-state index in [9.17, 15) is 13.2 Å². The summed E-state index contributed by atoms with van der Waals surface area (Å²) in [6.45, 7) is 0. The minimum absolute atomic E-state index is 0. The van der Waals surface area contributed by atoms with Gasteiger partial charge in [-0.3, -0.25) is 0 Å². The summed E-state index contributed by atoms with van der Waals surface area (Å²) in [5.74, 6) is 0. The predicted molar refractivity (Wildman–Crippen MR) is 120 cm³/mol. The quantitative estimate of drug-likeness (QED) is 0.296. The molecule has 0 N–H and O–H groups in total. The van der Waals surface area contributed by atoms with Crippen LogP contribution in [0.25, 0.3) is 0 Å². The molecule has 0 heterocycles. The van der Waals surface area contributed by atoms with Crippen molar-refractivity contribution >= 4 is 7.92 Å². The number of alkyl halides is 3. The summed E-state index contributed by atoms with van der Waals surface area (Å²) in [5.41, 5.74) is 3.08. The summed E-state index contributed by atoms with van der Waals surface area (Å²) in [5, 5.41) is 0. The molecule has 1 aromatic rings. The summed E-state index contributed by atoms with van der Waals surface area (Å²) in [6.07, 6.45) is 19.6. The van der Waals surface area contributed by atoms with Crippen molar-refractivity contribution in [3.05, 3.63) is 35.9 Å². The van der Waals surface area contributed by atoms with Gasteiger partial charge in [-0.25, -0.2) is 0 Å². The number of hydrogen-bond acceptors (Lipinski definition) is 0. The molecule has 0 unspecified atom stereocenters. The molecule has 0 aliphatic heterocycles. The molecule has 174 valence electrons. The molecule has 0 aromatic heterocycles. The van der Waals surface area contributed by atoms with Gasteiger partial charge in [0.2, 0.25) is 0 Å². The van der Waals surface area contributed by atoms with Crippen molar-refractivity contribution in [3.8, 4) is 0 Å². The van der Waals surface area contributed by atoms with E-state index in [4.69, 9.17) is 0 Å². The Labute approximate surface area is 192 Å². The molecule has 30 heavy (non-hydrogen) atoms. The molecular weight excluding hydrogens is 447 g/mol. The van der Waals surface area contributed by atoms with E-state index in [1.165, 1.54) is 29.1 Å². The van der Waals surface area contributed by atoms with Crippen molar-refractivity contribution < 1.29 is 29.7 Å². The van der Waals surface area contributed by atoms with Crippen LogP contribution in [0.15, 0.2) is 30.3 Å². The average Bonchev–Trinajstić information content (AvgIpc) is 2.77. The molecule has 0 radical (unpaired) electrons. The third-order valence-corrected chi connectivity index (χ3v) is 11.9. The summed E-state index contributed by atoms with van der Waals surface area (Å²) >= 11 is 0. The summed E-state index contributed by atoms with van der Waals surface area (Å²) in [7, 11) is -0.0465. The molecule has 0 nitrogen and oxygen atoms in total. The molecule has 5 heteroatoms. The molecule has 3 aliphatic carbocycles. The van der Waals surface area contributed by atoms with E-state index < -0.39 is 11.7 Å². The van der Waals surface area contributed by atoms with Gasteiger partial charge in [0.05, 0.1) is 22.5 Å². The molecule has 3 saturated carbocycles. The normalized spacial score (nSPS) is 22.1. The Kier molecular flexibility index (Phi) is 11.8. The second-order valence-corrected chi connectivity index (χ2v) is 12.8. The fraction of sp³-hybridized carbons (Fsp3) is 0.760. The number of benzene rings is 1. The van der Waals surface area contributed by atoms with E-state index in [2.05, 4.69) is 0 Å². The van der Waals surface area contributed by atoms with Crippen molar-refractivity contribution in [1.82, 2.24) is 0 Å². The first-order chi connectivity index (χ1) is 14.1. The minimum Gasteiger partial charge on any atom is -0.166 e. The maximum Gasteiger partial charge on any atom is 0.416 e. The number of hydrogen-bond donors (Lipinski definition) is 0. The Balaban J connectivity index is 0.000000249. The van der Waals surface area contributed by atoms with Crippen molar-refractivity contribution in [3.63, 3.8) is 0 Å². The fourth-order valence-corrected chi connectivity index (χ4v) is 11.2. The van der Waals surface area contributed by atoms with Crippen molar-refractivity contribution in [2.45, 2.75) is 119 Å². The molecule has 0 atom stereocenters. The van der Waals surface area contributed by atoms with Crippen LogP contribution in [0.3, 0.4) is 0 Å². The van der Waals surface area contributed by atoms with Gasteiger partial charge in [0, 0.05) is 24.4 Å². The molecule has 4 rings (SSSR count). The van der Waals surface area contributed by atoms with E-state index in [-0.39, 0.29) is 24.4 Å². The van der Waals surface area contributed by atoms with Gasteiger partial charge in [-0.05, 0) is 77.0 Å². The predicted octanol–water partition coefficient (Wildman–Crippen LogP) is 8.90. The van der Waals surface area contributed by atoms with Gasteiger partial charge < -0.3 is 0 Å². The topological polar surface area (TPSA) is 0 Å². The monoisotopic (exact) mass is 485 g/mol. The SMILES string of the molecule is C1CCC([PH+](C2CCCCC2)C2CCCCC2)CC1.FC(F)(F)c1ccccc1.[Ni]. The zero-order chi connectivity index (χ0) is 20.5. The second kappa shape index (κ2) is 13.5. The van der Waals surface area contributed by atoms with E-state index in [0.717, 1.165) is 12.1 Å². The van der Waals surface area contributed by atoms with E-state index in [0.29, 0.717) is 0 Å². The van der Waals surface area contributed by atoms with Gasteiger partial charge in [-0.2, -0.15) is 13.2 Å². The molecule has 0 amide bonds. The maximum absolute atomic E-state index is 11.8. The van der Waals surface area contributed by atoms with Gasteiger partial charge >= 0.3 is 6.18 Å². The Hall–Kier alpha value is -0.0665. The summed E-state index contributed by atoms with van der Waals surface area (Å²) in [6, 6.07) is 6.36. The van der Waals surface area contributed by atoms with Crippen LogP contribution in [0.4, 0.5) is 13.2 Å². The van der Waals surface area contributed by atoms with Crippen LogP contribution in [0.1, 0.15) is 102 Å². The Morgan fingerprint density at radius 3 is 1.17 bits per heavy atom. The van der Waals surface area contributed by atoms with E-state index >= 15 is 0 Å². The van der Waals surface area contributed by atoms with E-state index in [1.54, 1.807) is 102 Å². The third-order valence-electron chi connectivity index (χ3n) is 7.33. The molecule has 0 bridgehead atoms. The first-order valence-corrected chi connectivity index (χ1v) is 13.8. The Bertz CT molecular complexity index is 517. The summed E-state index contributed by atoms with van der Waals surface area (Å²) < 4.78 is 35.4. The average molecular weight is 486 g/mol. The standard InChI is InChI=1S/C18H33P.C7H5F3.Ni/c1-4-10-16(11-5-1)19(17-12-6-2-7-13-17)18-14-8-3-9-15-18;8-7(9,10)6-4-2-1-3-5-6;/h16-18H,1-15H2;1-5H;/p+1.